The largest absolute Gasteiger partial charge is 0.396 e. The molecule has 5 nitrogen and oxygen atoms in total. The molecule has 0 aliphatic heterocycles. The van der Waals surface area contributed by atoms with Gasteiger partial charge in [-0.3, -0.25) is 0 Å². The van der Waals surface area contributed by atoms with Crippen molar-refractivity contribution in [1.29, 1.82) is 0 Å². The molecule has 0 saturated carbocycles. The Morgan fingerprint density at radius 2 is 1.29 bits per heavy atom. The quantitative estimate of drug-likeness (QED) is 0.369. The molecule has 1 atom stereocenters. The lowest BCUT2D eigenvalue weighted by atomic mass is 10.1. The summed E-state index contributed by atoms with van der Waals surface area (Å²) in [6.07, 6.45) is 4.92. The third-order valence-corrected chi connectivity index (χ3v) is 2.38. The van der Waals surface area contributed by atoms with Crippen LogP contribution in [-0.2, 0) is 0 Å². The van der Waals surface area contributed by atoms with Gasteiger partial charge < -0.3 is 25.5 Å². The lowest BCUT2D eigenvalue weighted by Crippen LogP contribution is -2.14. The molecule has 5 N–H and O–H groups in total. The monoisotopic (exact) mass is 252 g/mol. The minimum Gasteiger partial charge on any atom is -0.396 e. The Balaban J connectivity index is 0. The molecule has 17 heavy (non-hydrogen) atoms. The van der Waals surface area contributed by atoms with Gasteiger partial charge in [-0.25, -0.2) is 0 Å². The molecule has 0 radical (unpaired) electrons. The zero-order chi connectivity index (χ0) is 13.5. The van der Waals surface area contributed by atoms with Crippen molar-refractivity contribution in [2.45, 2.75) is 45.1 Å². The molecule has 0 aliphatic rings. The van der Waals surface area contributed by atoms with E-state index in [9.17, 15) is 0 Å². The molecule has 0 fully saturated rings. The van der Waals surface area contributed by atoms with Gasteiger partial charge in [0, 0.05) is 5.92 Å². The van der Waals surface area contributed by atoms with Crippen molar-refractivity contribution in [3.63, 3.8) is 0 Å². The molecule has 0 aromatic heterocycles. The molecule has 0 heterocycles. The molecule has 0 amide bonds. The topological polar surface area (TPSA) is 101 Å². The van der Waals surface area contributed by atoms with Crippen LogP contribution in [0.2, 0.25) is 0 Å². The van der Waals surface area contributed by atoms with E-state index in [0.717, 1.165) is 12.8 Å². The molecule has 0 bridgehead atoms. The van der Waals surface area contributed by atoms with Crippen molar-refractivity contribution >= 4 is 0 Å². The van der Waals surface area contributed by atoms with E-state index in [1.807, 2.05) is 0 Å². The van der Waals surface area contributed by atoms with Crippen molar-refractivity contribution in [2.75, 3.05) is 26.4 Å². The van der Waals surface area contributed by atoms with Crippen LogP contribution in [0.25, 0.3) is 0 Å². The highest BCUT2D eigenvalue weighted by molar-refractivity contribution is 4.52. The number of hydrogen-bond donors (Lipinski definition) is 5. The van der Waals surface area contributed by atoms with E-state index in [1.54, 1.807) is 0 Å². The SMILES string of the molecule is CCCCCCC(O)CO.OCC(CO)CO. The van der Waals surface area contributed by atoms with Crippen LogP contribution in [-0.4, -0.2) is 58.1 Å². The van der Waals surface area contributed by atoms with Crippen LogP contribution in [0.15, 0.2) is 0 Å². The predicted octanol–water partition coefficient (Wildman–Crippen LogP) is -0.110. The van der Waals surface area contributed by atoms with E-state index >= 15 is 0 Å². The van der Waals surface area contributed by atoms with Gasteiger partial charge in [0.25, 0.3) is 0 Å². The van der Waals surface area contributed by atoms with Gasteiger partial charge in [0.05, 0.1) is 32.5 Å². The maximum Gasteiger partial charge on any atom is 0.0770 e. The zero-order valence-corrected chi connectivity index (χ0v) is 10.8. The lowest BCUT2D eigenvalue weighted by molar-refractivity contribution is 0.0860. The summed E-state index contributed by atoms with van der Waals surface area (Å²) in [5.41, 5.74) is 0. The predicted molar refractivity (Wildman–Crippen MR) is 66.6 cm³/mol. The Labute approximate surface area is 104 Å². The molecular weight excluding hydrogens is 224 g/mol. The Morgan fingerprint density at radius 1 is 0.765 bits per heavy atom. The zero-order valence-electron chi connectivity index (χ0n) is 10.8. The van der Waals surface area contributed by atoms with Crippen molar-refractivity contribution in [3.05, 3.63) is 0 Å². The summed E-state index contributed by atoms with van der Waals surface area (Å²) < 4.78 is 0. The normalized spacial score (nSPS) is 12.2. The van der Waals surface area contributed by atoms with E-state index in [0.29, 0.717) is 0 Å². The molecule has 0 aliphatic carbocycles. The molecule has 0 rings (SSSR count). The highest BCUT2D eigenvalue weighted by Crippen LogP contribution is 2.04. The molecule has 106 valence electrons. The fourth-order valence-electron chi connectivity index (χ4n) is 1.07. The van der Waals surface area contributed by atoms with Crippen LogP contribution in [0.4, 0.5) is 0 Å². The molecule has 1 unspecified atom stereocenters. The second-order valence-electron chi connectivity index (χ2n) is 4.10. The van der Waals surface area contributed by atoms with E-state index in [2.05, 4.69) is 6.92 Å². The van der Waals surface area contributed by atoms with Crippen molar-refractivity contribution < 1.29 is 25.5 Å². The third-order valence-electron chi connectivity index (χ3n) is 2.38. The van der Waals surface area contributed by atoms with E-state index < -0.39 is 6.10 Å². The highest BCUT2D eigenvalue weighted by Gasteiger charge is 2.00. The summed E-state index contributed by atoms with van der Waals surface area (Å²) in [4.78, 5) is 0. The summed E-state index contributed by atoms with van der Waals surface area (Å²) >= 11 is 0. The van der Waals surface area contributed by atoms with Gasteiger partial charge in [-0.15, -0.1) is 0 Å². The second-order valence-corrected chi connectivity index (χ2v) is 4.10. The van der Waals surface area contributed by atoms with Crippen molar-refractivity contribution in [3.8, 4) is 0 Å². The van der Waals surface area contributed by atoms with Crippen molar-refractivity contribution in [2.24, 2.45) is 5.92 Å². The maximum absolute atomic E-state index is 8.91. The minimum atomic E-state index is -0.489. The van der Waals surface area contributed by atoms with E-state index in [1.165, 1.54) is 19.3 Å². The van der Waals surface area contributed by atoms with Crippen LogP contribution < -0.4 is 0 Å². The summed E-state index contributed by atoms with van der Waals surface area (Å²) in [5.74, 6) is -0.347. The molecule has 0 aromatic carbocycles. The first kappa shape index (κ1) is 19.1. The Bertz CT molecular complexity index is 123. The number of unbranched alkanes of at least 4 members (excludes halogenated alkanes) is 3. The first-order chi connectivity index (χ1) is 8.15. The summed E-state index contributed by atoms with van der Waals surface area (Å²) in [6.45, 7) is 1.63. The lowest BCUT2D eigenvalue weighted by Gasteiger charge is -2.04. The van der Waals surface area contributed by atoms with Crippen LogP contribution in [0, 0.1) is 5.92 Å². The molecule has 5 heteroatoms. The van der Waals surface area contributed by atoms with Gasteiger partial charge in [0.1, 0.15) is 0 Å². The average molecular weight is 252 g/mol. The Hall–Kier alpha value is -0.200. The number of aliphatic hydroxyl groups excluding tert-OH is 5. The Morgan fingerprint density at radius 3 is 1.59 bits per heavy atom. The highest BCUT2D eigenvalue weighted by atomic mass is 16.3. The standard InChI is InChI=1S/C8H18O2.C4H10O3/c1-2-3-4-5-6-8(10)7-9;5-1-4(2-6)3-7/h8-10H,2-7H2,1H3;4-7H,1-3H2. The fourth-order valence-corrected chi connectivity index (χ4v) is 1.07. The van der Waals surface area contributed by atoms with Gasteiger partial charge in [-0.1, -0.05) is 32.6 Å². The minimum absolute atomic E-state index is 0.0911. The van der Waals surface area contributed by atoms with Crippen LogP contribution in [0.1, 0.15) is 39.0 Å². The van der Waals surface area contributed by atoms with Crippen LogP contribution in [0.3, 0.4) is 0 Å². The third kappa shape index (κ3) is 15.8. The van der Waals surface area contributed by atoms with Gasteiger partial charge in [0.15, 0.2) is 0 Å². The first-order valence-corrected chi connectivity index (χ1v) is 6.27. The fraction of sp³-hybridized carbons (Fsp3) is 1.00. The summed E-state index contributed by atoms with van der Waals surface area (Å²) in [5, 5.41) is 42.0. The van der Waals surface area contributed by atoms with E-state index in [-0.39, 0.29) is 32.3 Å². The molecular formula is C12H28O5. The van der Waals surface area contributed by atoms with Crippen LogP contribution in [0.5, 0.6) is 0 Å². The molecule has 0 saturated heterocycles. The first-order valence-electron chi connectivity index (χ1n) is 6.27. The average Bonchev–Trinajstić information content (AvgIpc) is 2.37. The second kappa shape index (κ2) is 15.8. The van der Waals surface area contributed by atoms with Gasteiger partial charge in [-0.2, -0.15) is 0 Å². The van der Waals surface area contributed by atoms with Crippen molar-refractivity contribution in [1.82, 2.24) is 0 Å². The van der Waals surface area contributed by atoms with Gasteiger partial charge in [0.2, 0.25) is 0 Å². The summed E-state index contributed by atoms with van der Waals surface area (Å²) in [7, 11) is 0. The molecule has 0 spiro atoms. The maximum atomic E-state index is 8.91. The number of hydrogen-bond acceptors (Lipinski definition) is 5. The molecule has 0 aromatic rings. The van der Waals surface area contributed by atoms with E-state index in [4.69, 9.17) is 25.5 Å². The number of aliphatic hydroxyl groups is 5. The van der Waals surface area contributed by atoms with Gasteiger partial charge >= 0.3 is 0 Å². The smallest absolute Gasteiger partial charge is 0.0770 e. The summed E-state index contributed by atoms with van der Waals surface area (Å²) in [6, 6.07) is 0. The Kier molecular flexibility index (Phi) is 17.8. The van der Waals surface area contributed by atoms with Gasteiger partial charge in [-0.05, 0) is 6.42 Å². The number of rotatable bonds is 9. The van der Waals surface area contributed by atoms with Crippen LogP contribution >= 0.6 is 0 Å².